The summed E-state index contributed by atoms with van der Waals surface area (Å²) >= 11 is 0. The number of nitrogens with one attached hydrogen (secondary N) is 1. The van der Waals surface area contributed by atoms with Gasteiger partial charge < -0.3 is 5.32 Å². The van der Waals surface area contributed by atoms with E-state index in [0.717, 1.165) is 19.0 Å². The van der Waals surface area contributed by atoms with Gasteiger partial charge in [-0.25, -0.2) is 0 Å². The summed E-state index contributed by atoms with van der Waals surface area (Å²) in [5.41, 5.74) is 0. The zero-order chi connectivity index (χ0) is 13.4. The summed E-state index contributed by atoms with van der Waals surface area (Å²) in [6.45, 7) is 19.6. The first-order valence-corrected chi connectivity index (χ1v) is 7.36. The summed E-state index contributed by atoms with van der Waals surface area (Å²) in [6, 6.07) is 1.30. The molecule has 1 unspecified atom stereocenters. The van der Waals surface area contributed by atoms with Crippen molar-refractivity contribution >= 4 is 0 Å². The first-order chi connectivity index (χ1) is 7.90. The number of hydrogen-bond acceptors (Lipinski definition) is 2. The maximum atomic E-state index is 3.62. The van der Waals surface area contributed by atoms with Crippen LogP contribution < -0.4 is 5.32 Å². The summed E-state index contributed by atoms with van der Waals surface area (Å²) in [7, 11) is 0. The third-order valence-electron chi connectivity index (χ3n) is 3.25. The van der Waals surface area contributed by atoms with Gasteiger partial charge in [0.2, 0.25) is 0 Å². The van der Waals surface area contributed by atoms with Crippen LogP contribution >= 0.6 is 0 Å². The van der Waals surface area contributed by atoms with E-state index in [-0.39, 0.29) is 0 Å². The standard InChI is InChI=1S/C15H34N2/c1-8-9-17(14(6)7)15(13(4)5)11-16-10-12(2)3/h12-16H,8-11H2,1-7H3. The molecular weight excluding hydrogens is 208 g/mol. The monoisotopic (exact) mass is 242 g/mol. The average Bonchev–Trinajstić information content (AvgIpc) is 2.20. The molecule has 0 saturated carbocycles. The molecule has 0 saturated heterocycles. The highest BCUT2D eigenvalue weighted by Gasteiger charge is 2.22. The Morgan fingerprint density at radius 2 is 1.53 bits per heavy atom. The predicted molar refractivity (Wildman–Crippen MR) is 78.5 cm³/mol. The Bertz CT molecular complexity index is 176. The van der Waals surface area contributed by atoms with Crippen molar-refractivity contribution in [3.8, 4) is 0 Å². The molecule has 1 atom stereocenters. The van der Waals surface area contributed by atoms with Crippen LogP contribution in [0.1, 0.15) is 54.9 Å². The quantitative estimate of drug-likeness (QED) is 0.667. The third kappa shape index (κ3) is 7.05. The van der Waals surface area contributed by atoms with E-state index in [2.05, 4.69) is 58.7 Å². The smallest absolute Gasteiger partial charge is 0.0246 e. The van der Waals surface area contributed by atoms with Crippen molar-refractivity contribution in [2.75, 3.05) is 19.6 Å². The van der Waals surface area contributed by atoms with E-state index < -0.39 is 0 Å². The molecule has 0 aliphatic carbocycles. The van der Waals surface area contributed by atoms with Crippen molar-refractivity contribution < 1.29 is 0 Å². The van der Waals surface area contributed by atoms with Crippen molar-refractivity contribution in [1.82, 2.24) is 10.2 Å². The minimum Gasteiger partial charge on any atom is -0.315 e. The first kappa shape index (κ1) is 16.9. The second-order valence-corrected chi connectivity index (χ2v) is 6.20. The number of nitrogens with zero attached hydrogens (tertiary/aromatic N) is 1. The van der Waals surface area contributed by atoms with Crippen molar-refractivity contribution in [1.29, 1.82) is 0 Å². The molecule has 0 aromatic rings. The number of hydrogen-bond donors (Lipinski definition) is 1. The molecule has 0 radical (unpaired) electrons. The Balaban J connectivity index is 4.35. The normalized spacial score (nSPS) is 14.3. The maximum absolute atomic E-state index is 3.62. The molecule has 2 heteroatoms. The van der Waals surface area contributed by atoms with E-state index in [1.807, 2.05) is 0 Å². The van der Waals surface area contributed by atoms with Gasteiger partial charge in [0.15, 0.2) is 0 Å². The van der Waals surface area contributed by atoms with Gasteiger partial charge in [-0.2, -0.15) is 0 Å². The highest BCUT2D eigenvalue weighted by Crippen LogP contribution is 2.14. The van der Waals surface area contributed by atoms with Crippen LogP contribution in [0.2, 0.25) is 0 Å². The summed E-state index contributed by atoms with van der Waals surface area (Å²) in [5, 5.41) is 3.62. The Morgan fingerprint density at radius 1 is 0.941 bits per heavy atom. The minimum absolute atomic E-state index is 0.642. The van der Waals surface area contributed by atoms with Crippen LogP contribution in [-0.2, 0) is 0 Å². The number of rotatable bonds is 9. The summed E-state index contributed by atoms with van der Waals surface area (Å²) in [6.07, 6.45) is 1.24. The second-order valence-electron chi connectivity index (χ2n) is 6.20. The second kappa shape index (κ2) is 8.93. The Morgan fingerprint density at radius 3 is 1.88 bits per heavy atom. The van der Waals surface area contributed by atoms with Crippen LogP contribution in [-0.4, -0.2) is 36.6 Å². The molecule has 0 spiro atoms. The van der Waals surface area contributed by atoms with Gasteiger partial charge >= 0.3 is 0 Å². The van der Waals surface area contributed by atoms with Crippen LogP contribution in [0.3, 0.4) is 0 Å². The Labute approximate surface area is 109 Å². The lowest BCUT2D eigenvalue weighted by Gasteiger charge is -2.37. The molecule has 104 valence electrons. The van der Waals surface area contributed by atoms with E-state index in [1.54, 1.807) is 0 Å². The van der Waals surface area contributed by atoms with Gasteiger partial charge in [-0.15, -0.1) is 0 Å². The molecule has 0 bridgehead atoms. The van der Waals surface area contributed by atoms with Crippen molar-refractivity contribution in [3.05, 3.63) is 0 Å². The lowest BCUT2D eigenvalue weighted by atomic mass is 10.00. The first-order valence-electron chi connectivity index (χ1n) is 7.36. The van der Waals surface area contributed by atoms with Gasteiger partial charge in [0.05, 0.1) is 0 Å². The molecule has 1 N–H and O–H groups in total. The van der Waals surface area contributed by atoms with Crippen LogP contribution in [0.25, 0.3) is 0 Å². The zero-order valence-electron chi connectivity index (χ0n) is 13.1. The van der Waals surface area contributed by atoms with Crippen LogP contribution in [0.15, 0.2) is 0 Å². The molecule has 0 fully saturated rings. The van der Waals surface area contributed by atoms with Crippen molar-refractivity contribution in [2.24, 2.45) is 11.8 Å². The van der Waals surface area contributed by atoms with Gasteiger partial charge in [0, 0.05) is 18.6 Å². The summed E-state index contributed by atoms with van der Waals surface area (Å²) in [5.74, 6) is 1.45. The molecule has 0 aromatic heterocycles. The van der Waals surface area contributed by atoms with E-state index in [9.17, 15) is 0 Å². The van der Waals surface area contributed by atoms with Gasteiger partial charge in [0.25, 0.3) is 0 Å². The minimum atomic E-state index is 0.642. The van der Waals surface area contributed by atoms with E-state index >= 15 is 0 Å². The molecule has 0 rings (SSSR count). The topological polar surface area (TPSA) is 15.3 Å². The molecule has 0 amide bonds. The maximum Gasteiger partial charge on any atom is 0.0246 e. The summed E-state index contributed by atoms with van der Waals surface area (Å²) in [4.78, 5) is 2.65. The van der Waals surface area contributed by atoms with Crippen molar-refractivity contribution in [2.45, 2.75) is 67.0 Å². The lowest BCUT2D eigenvalue weighted by molar-refractivity contribution is 0.115. The largest absolute Gasteiger partial charge is 0.315 e. The molecule has 17 heavy (non-hydrogen) atoms. The Hall–Kier alpha value is -0.0800. The van der Waals surface area contributed by atoms with Crippen molar-refractivity contribution in [3.63, 3.8) is 0 Å². The SMILES string of the molecule is CCCN(C(C)C)C(CNCC(C)C)C(C)C. The van der Waals surface area contributed by atoms with Gasteiger partial charge in [-0.1, -0.05) is 34.6 Å². The average molecular weight is 242 g/mol. The Kier molecular flexibility index (Phi) is 8.89. The van der Waals surface area contributed by atoms with Crippen LogP contribution in [0.5, 0.6) is 0 Å². The van der Waals surface area contributed by atoms with Gasteiger partial charge in [0.1, 0.15) is 0 Å². The summed E-state index contributed by atoms with van der Waals surface area (Å²) < 4.78 is 0. The fourth-order valence-electron chi connectivity index (χ4n) is 2.32. The fourth-order valence-corrected chi connectivity index (χ4v) is 2.32. The highest BCUT2D eigenvalue weighted by atomic mass is 15.2. The molecule has 0 aromatic carbocycles. The highest BCUT2D eigenvalue weighted by molar-refractivity contribution is 4.79. The van der Waals surface area contributed by atoms with Gasteiger partial charge in [-0.3, -0.25) is 4.90 Å². The van der Waals surface area contributed by atoms with E-state index in [0.29, 0.717) is 18.0 Å². The van der Waals surface area contributed by atoms with E-state index in [1.165, 1.54) is 13.0 Å². The van der Waals surface area contributed by atoms with E-state index in [4.69, 9.17) is 0 Å². The molecule has 0 aliphatic heterocycles. The molecule has 0 aliphatic rings. The third-order valence-corrected chi connectivity index (χ3v) is 3.25. The zero-order valence-corrected chi connectivity index (χ0v) is 13.1. The van der Waals surface area contributed by atoms with Crippen LogP contribution in [0.4, 0.5) is 0 Å². The molecular formula is C15H34N2. The fraction of sp³-hybridized carbons (Fsp3) is 1.00. The molecule has 0 heterocycles. The van der Waals surface area contributed by atoms with Gasteiger partial charge in [-0.05, 0) is 45.2 Å². The molecule has 2 nitrogen and oxygen atoms in total. The lowest BCUT2D eigenvalue weighted by Crippen LogP contribution is -2.49. The van der Waals surface area contributed by atoms with Crippen LogP contribution in [0, 0.1) is 11.8 Å². The predicted octanol–water partition coefficient (Wildman–Crippen LogP) is 3.38.